The molecule has 0 radical (unpaired) electrons. The van der Waals surface area contributed by atoms with E-state index in [1.165, 1.54) is 19.4 Å². The van der Waals surface area contributed by atoms with Gasteiger partial charge in [0.2, 0.25) is 5.22 Å². The molecule has 1 saturated carbocycles. The van der Waals surface area contributed by atoms with Crippen molar-refractivity contribution in [1.29, 1.82) is 0 Å². The fourth-order valence-corrected chi connectivity index (χ4v) is 5.74. The number of hydrogen-bond acceptors (Lipinski definition) is 7. The van der Waals surface area contributed by atoms with Gasteiger partial charge in [-0.05, 0) is 38.3 Å². The Morgan fingerprint density at radius 2 is 1.97 bits per heavy atom. The summed E-state index contributed by atoms with van der Waals surface area (Å²) in [5.41, 5.74) is -0.517. The first kappa shape index (κ1) is 20.8. The molecule has 29 heavy (non-hydrogen) atoms. The second kappa shape index (κ2) is 6.54. The highest BCUT2D eigenvalue weighted by molar-refractivity contribution is 6.30. The number of rotatable bonds is 3. The number of ether oxygens (including phenoxy) is 4. The van der Waals surface area contributed by atoms with Gasteiger partial charge in [0, 0.05) is 17.8 Å². The maximum absolute atomic E-state index is 12.8. The Morgan fingerprint density at radius 3 is 2.55 bits per heavy atom. The van der Waals surface area contributed by atoms with Crippen LogP contribution in [0, 0.1) is 10.8 Å². The smallest absolute Gasteiger partial charge is 0.338 e. The van der Waals surface area contributed by atoms with E-state index in [1.807, 2.05) is 6.92 Å². The first-order chi connectivity index (χ1) is 13.5. The van der Waals surface area contributed by atoms with E-state index in [-0.39, 0.29) is 22.3 Å². The molecule has 0 amide bonds. The van der Waals surface area contributed by atoms with E-state index in [2.05, 4.69) is 19.9 Å². The lowest BCUT2D eigenvalue weighted by atomic mass is 9.52. The molecule has 1 N–H and O–H groups in total. The van der Waals surface area contributed by atoms with Crippen LogP contribution in [0.15, 0.2) is 22.4 Å². The van der Waals surface area contributed by atoms with Crippen molar-refractivity contribution >= 4 is 23.5 Å². The van der Waals surface area contributed by atoms with Crippen molar-refractivity contribution in [2.75, 3.05) is 6.61 Å². The van der Waals surface area contributed by atoms with Gasteiger partial charge in [0.1, 0.15) is 23.9 Å². The van der Waals surface area contributed by atoms with Crippen molar-refractivity contribution in [3.8, 4) is 0 Å². The van der Waals surface area contributed by atoms with Crippen LogP contribution in [-0.2, 0) is 28.5 Å². The standard InChI is InChI=1S/C21H27ClO7/c1-10-6-7-19(4)13(8-10)28-16-14(24)15(20(19,5)21(16)9-26-21)29-18(25)11(2)17(22)27-12(3)23/h8,13-16,24H,6-7,9H2,1-5H3/t13-,14-,15-,16-,19+,20-,21+/m1/s1. The Hall–Kier alpha value is -1.41. The largest absolute Gasteiger partial charge is 0.455 e. The van der Waals surface area contributed by atoms with Gasteiger partial charge in [-0.2, -0.15) is 0 Å². The fraction of sp³-hybridized carbons (Fsp3) is 0.714. The van der Waals surface area contributed by atoms with Gasteiger partial charge < -0.3 is 24.1 Å². The number of esters is 2. The molecule has 7 atom stereocenters. The van der Waals surface area contributed by atoms with Crippen molar-refractivity contribution in [1.82, 2.24) is 0 Å². The molecule has 2 aliphatic heterocycles. The normalized spacial score (nSPS) is 45.8. The van der Waals surface area contributed by atoms with Crippen LogP contribution in [-0.4, -0.2) is 53.7 Å². The molecule has 0 aromatic carbocycles. The molecule has 0 aromatic rings. The average molecular weight is 427 g/mol. The van der Waals surface area contributed by atoms with E-state index in [0.717, 1.165) is 12.8 Å². The van der Waals surface area contributed by atoms with E-state index < -0.39 is 41.3 Å². The van der Waals surface area contributed by atoms with Gasteiger partial charge in [0.25, 0.3) is 0 Å². The van der Waals surface area contributed by atoms with Gasteiger partial charge in [-0.3, -0.25) is 4.79 Å². The van der Waals surface area contributed by atoms with Crippen molar-refractivity contribution in [3.63, 3.8) is 0 Å². The lowest BCUT2D eigenvalue weighted by Gasteiger charge is -2.57. The molecule has 160 valence electrons. The molecular weight excluding hydrogens is 400 g/mol. The van der Waals surface area contributed by atoms with Crippen LogP contribution in [0.5, 0.6) is 0 Å². The second-order valence-corrected chi connectivity index (χ2v) is 9.44. The summed E-state index contributed by atoms with van der Waals surface area (Å²) in [6, 6.07) is 0. The fourth-order valence-electron chi connectivity index (χ4n) is 5.55. The summed E-state index contributed by atoms with van der Waals surface area (Å²) >= 11 is 5.93. The van der Waals surface area contributed by atoms with E-state index in [0.29, 0.717) is 6.61 Å². The summed E-state index contributed by atoms with van der Waals surface area (Å²) in [5, 5.41) is 10.8. The molecule has 2 heterocycles. The minimum absolute atomic E-state index is 0.0353. The zero-order valence-corrected chi connectivity index (χ0v) is 18.0. The van der Waals surface area contributed by atoms with Gasteiger partial charge in [0.05, 0.1) is 18.3 Å². The highest BCUT2D eigenvalue weighted by atomic mass is 35.5. The van der Waals surface area contributed by atoms with E-state index in [4.69, 9.17) is 30.5 Å². The minimum Gasteiger partial charge on any atom is -0.455 e. The third kappa shape index (κ3) is 2.67. The summed E-state index contributed by atoms with van der Waals surface area (Å²) in [6.45, 7) is 9.28. The van der Waals surface area contributed by atoms with E-state index in [1.54, 1.807) is 0 Å². The maximum Gasteiger partial charge on any atom is 0.338 e. The summed E-state index contributed by atoms with van der Waals surface area (Å²) in [4.78, 5) is 23.9. The number of hydrogen-bond donors (Lipinski definition) is 1. The number of carbonyl (C=O) groups is 2. The zero-order valence-electron chi connectivity index (χ0n) is 17.3. The number of epoxide rings is 1. The molecule has 0 unspecified atom stereocenters. The number of carbonyl (C=O) groups excluding carboxylic acids is 2. The van der Waals surface area contributed by atoms with Crippen LogP contribution in [0.2, 0.25) is 0 Å². The molecule has 2 bridgehead atoms. The monoisotopic (exact) mass is 426 g/mol. The van der Waals surface area contributed by atoms with Gasteiger partial charge in [-0.25, -0.2) is 4.79 Å². The van der Waals surface area contributed by atoms with E-state index in [9.17, 15) is 14.7 Å². The first-order valence-corrected chi connectivity index (χ1v) is 10.3. The molecule has 1 spiro atoms. The minimum atomic E-state index is -1.04. The number of allylic oxidation sites excluding steroid dienone is 1. The first-order valence-electron chi connectivity index (χ1n) is 9.88. The zero-order chi connectivity index (χ0) is 21.4. The van der Waals surface area contributed by atoms with Gasteiger partial charge >= 0.3 is 11.9 Å². The highest BCUT2D eigenvalue weighted by Crippen LogP contribution is 2.71. The predicted molar refractivity (Wildman–Crippen MR) is 103 cm³/mol. The summed E-state index contributed by atoms with van der Waals surface area (Å²) in [7, 11) is 0. The average Bonchev–Trinajstić information content (AvgIpc) is 3.42. The Morgan fingerprint density at radius 1 is 1.31 bits per heavy atom. The quantitative estimate of drug-likeness (QED) is 0.243. The number of aliphatic hydroxyl groups excluding tert-OH is 1. The number of halogens is 1. The lowest BCUT2D eigenvalue weighted by molar-refractivity contribution is -0.210. The maximum atomic E-state index is 12.8. The lowest BCUT2D eigenvalue weighted by Crippen LogP contribution is -2.63. The molecule has 2 aliphatic carbocycles. The molecule has 2 saturated heterocycles. The summed E-state index contributed by atoms with van der Waals surface area (Å²) in [6.07, 6.45) is 1.19. The Balaban J connectivity index is 1.70. The number of fused-ring (bicyclic) bond motifs is 2. The Bertz CT molecular complexity index is 829. The third-order valence-corrected chi connectivity index (χ3v) is 7.99. The highest BCUT2D eigenvalue weighted by Gasteiger charge is 2.84. The van der Waals surface area contributed by atoms with Crippen molar-refractivity contribution in [2.24, 2.45) is 10.8 Å². The van der Waals surface area contributed by atoms with Crippen LogP contribution in [0.25, 0.3) is 0 Å². The van der Waals surface area contributed by atoms with Crippen LogP contribution in [0.1, 0.15) is 47.5 Å². The van der Waals surface area contributed by atoms with Gasteiger partial charge in [-0.1, -0.05) is 25.5 Å². The molecule has 3 fully saturated rings. The summed E-state index contributed by atoms with van der Waals surface area (Å²) < 4.78 is 22.8. The molecule has 8 heteroatoms. The van der Waals surface area contributed by atoms with Crippen LogP contribution in [0.4, 0.5) is 0 Å². The molecule has 7 nitrogen and oxygen atoms in total. The topological polar surface area (TPSA) is 94.6 Å². The second-order valence-electron chi connectivity index (χ2n) is 9.10. The molecule has 4 aliphatic rings. The third-order valence-electron chi connectivity index (χ3n) is 7.63. The van der Waals surface area contributed by atoms with Gasteiger partial charge in [-0.15, -0.1) is 0 Å². The molecule has 0 aromatic heterocycles. The number of aliphatic hydroxyl groups is 1. The predicted octanol–water partition coefficient (Wildman–Crippen LogP) is 2.60. The van der Waals surface area contributed by atoms with Crippen molar-refractivity contribution in [3.05, 3.63) is 22.4 Å². The van der Waals surface area contributed by atoms with Crippen LogP contribution < -0.4 is 0 Å². The van der Waals surface area contributed by atoms with Crippen molar-refractivity contribution < 1.29 is 33.6 Å². The Labute approximate surface area is 175 Å². The van der Waals surface area contributed by atoms with Gasteiger partial charge in [0.15, 0.2) is 0 Å². The molecular formula is C21H27ClO7. The Kier molecular flexibility index (Phi) is 4.70. The summed E-state index contributed by atoms with van der Waals surface area (Å²) in [5.74, 6) is -1.38. The SMILES string of the molecule is CC(=O)OC(Cl)=C(C)C(=O)O[C@@H]1[C@@H](O)[C@H]2O[C@@H]3C=C(C)CC[C@]3(C)[C@]1(C)[C@]21CO1. The van der Waals surface area contributed by atoms with Crippen LogP contribution in [0.3, 0.4) is 0 Å². The molecule has 4 rings (SSSR count). The van der Waals surface area contributed by atoms with E-state index >= 15 is 0 Å². The van der Waals surface area contributed by atoms with Crippen LogP contribution >= 0.6 is 11.6 Å². The van der Waals surface area contributed by atoms with Crippen molar-refractivity contribution in [2.45, 2.75) is 77.5 Å².